The summed E-state index contributed by atoms with van der Waals surface area (Å²) >= 11 is 0. The summed E-state index contributed by atoms with van der Waals surface area (Å²) in [5.41, 5.74) is 8.83. The first-order valence-electron chi connectivity index (χ1n) is 10.4. The van der Waals surface area contributed by atoms with Crippen molar-refractivity contribution in [2.45, 2.75) is 57.9 Å². The predicted molar refractivity (Wildman–Crippen MR) is 113 cm³/mol. The molecule has 0 saturated heterocycles. The number of nitrogens with two attached hydrogens (primary N) is 1. The van der Waals surface area contributed by atoms with E-state index in [1.54, 1.807) is 19.2 Å². The molecule has 152 valence electrons. The highest BCUT2D eigenvalue weighted by molar-refractivity contribution is 5.69. The number of unbranched alkanes of at least 4 members (excludes halogenated alkanes) is 3. The average molecular weight is 385 g/mol. The van der Waals surface area contributed by atoms with Gasteiger partial charge in [-0.25, -0.2) is 0 Å². The number of ether oxygens (including phenoxy) is 2. The molecule has 0 bridgehead atoms. The van der Waals surface area contributed by atoms with Gasteiger partial charge in [-0.3, -0.25) is 4.79 Å². The fourth-order valence-corrected chi connectivity index (χ4v) is 3.99. The summed E-state index contributed by atoms with van der Waals surface area (Å²) in [5.74, 6) is 1.51. The molecule has 0 saturated carbocycles. The summed E-state index contributed by atoms with van der Waals surface area (Å²) < 4.78 is 13.9. The van der Waals surface area contributed by atoms with Gasteiger partial charge in [-0.2, -0.15) is 0 Å². The van der Waals surface area contributed by atoms with Crippen molar-refractivity contribution in [1.82, 2.24) is 4.57 Å². The van der Waals surface area contributed by atoms with Crippen LogP contribution >= 0.6 is 0 Å². The molecule has 2 N–H and O–H groups in total. The molecule has 0 radical (unpaired) electrons. The molecule has 0 fully saturated rings. The first-order chi connectivity index (χ1) is 13.7. The lowest BCUT2D eigenvalue weighted by molar-refractivity contribution is 0.284. The Labute approximate surface area is 167 Å². The van der Waals surface area contributed by atoms with Gasteiger partial charge in [0.15, 0.2) is 16.9 Å². The predicted octanol–water partition coefficient (Wildman–Crippen LogP) is 4.32. The van der Waals surface area contributed by atoms with Gasteiger partial charge in [0, 0.05) is 29.9 Å². The zero-order valence-electron chi connectivity index (χ0n) is 17.1. The van der Waals surface area contributed by atoms with E-state index < -0.39 is 0 Å². The number of hydrogen-bond donors (Lipinski definition) is 1. The molecule has 1 aromatic carbocycles. The Kier molecular flexibility index (Phi) is 7.15. The average Bonchev–Trinajstić information content (AvgIpc) is 2.85. The molecule has 5 heteroatoms. The molecule has 2 heterocycles. The molecule has 5 nitrogen and oxygen atoms in total. The molecule has 2 aromatic rings. The third-order valence-corrected chi connectivity index (χ3v) is 5.59. The van der Waals surface area contributed by atoms with Crippen LogP contribution in [0.4, 0.5) is 0 Å². The number of fused-ring (bicyclic) bond motifs is 3. The summed E-state index contributed by atoms with van der Waals surface area (Å²) in [7, 11) is 1.67. The lowest BCUT2D eigenvalue weighted by Crippen LogP contribution is -2.12. The Balaban J connectivity index is 1.88. The van der Waals surface area contributed by atoms with Crippen molar-refractivity contribution in [1.29, 1.82) is 0 Å². The Morgan fingerprint density at radius 3 is 2.71 bits per heavy atom. The van der Waals surface area contributed by atoms with E-state index in [-0.39, 0.29) is 5.43 Å². The molecule has 1 aromatic heterocycles. The number of benzene rings is 1. The van der Waals surface area contributed by atoms with Gasteiger partial charge in [0.2, 0.25) is 0 Å². The van der Waals surface area contributed by atoms with E-state index in [1.165, 1.54) is 5.56 Å². The third kappa shape index (κ3) is 4.58. The quantitative estimate of drug-likeness (QED) is 0.654. The smallest absolute Gasteiger partial charge is 0.182 e. The molecular weight excluding hydrogens is 352 g/mol. The topological polar surface area (TPSA) is 66.5 Å². The number of rotatable bonds is 9. The second-order valence-electron chi connectivity index (χ2n) is 7.47. The van der Waals surface area contributed by atoms with E-state index in [0.29, 0.717) is 12.6 Å². The molecular formula is C23H32N2O3. The highest BCUT2D eigenvalue weighted by atomic mass is 16.5. The van der Waals surface area contributed by atoms with E-state index in [4.69, 9.17) is 15.2 Å². The summed E-state index contributed by atoms with van der Waals surface area (Å²) in [6, 6.07) is 7.91. The zero-order chi connectivity index (χ0) is 19.9. The second kappa shape index (κ2) is 9.78. The standard InChI is InChI=1S/C23H32N2O3/c1-3-18-9-8-17-14-23(28-13-7-5-4-6-11-24)22(27-2)16-20(17)21-15-19(26)10-12-25(18)21/h10,12,14-16,18H,3-9,11,13,24H2,1-2H3. The van der Waals surface area contributed by atoms with E-state index in [2.05, 4.69) is 17.6 Å². The minimum atomic E-state index is 0.0331. The van der Waals surface area contributed by atoms with E-state index in [9.17, 15) is 4.79 Å². The minimum absolute atomic E-state index is 0.0331. The summed E-state index contributed by atoms with van der Waals surface area (Å²) in [5, 5.41) is 0. The molecule has 28 heavy (non-hydrogen) atoms. The Morgan fingerprint density at radius 1 is 1.14 bits per heavy atom. The molecule has 1 aliphatic rings. The maximum Gasteiger partial charge on any atom is 0.182 e. The highest BCUT2D eigenvalue weighted by Crippen LogP contribution is 2.40. The fraction of sp³-hybridized carbons (Fsp3) is 0.522. The van der Waals surface area contributed by atoms with Crippen LogP contribution in [0, 0.1) is 0 Å². The maximum absolute atomic E-state index is 12.1. The lowest BCUT2D eigenvalue weighted by Gasteiger charge is -2.20. The number of aromatic nitrogens is 1. The number of pyridine rings is 1. The van der Waals surface area contributed by atoms with Gasteiger partial charge in [-0.15, -0.1) is 0 Å². The number of methoxy groups -OCH3 is 1. The second-order valence-corrected chi connectivity index (χ2v) is 7.47. The summed E-state index contributed by atoms with van der Waals surface area (Å²) in [6.45, 7) is 3.62. The molecule has 0 aliphatic carbocycles. The van der Waals surface area contributed by atoms with Crippen molar-refractivity contribution in [3.05, 3.63) is 46.2 Å². The largest absolute Gasteiger partial charge is 0.493 e. The molecule has 1 unspecified atom stereocenters. The van der Waals surface area contributed by atoms with Crippen molar-refractivity contribution < 1.29 is 9.47 Å². The molecule has 0 amide bonds. The van der Waals surface area contributed by atoms with Gasteiger partial charge in [0.25, 0.3) is 0 Å². The van der Waals surface area contributed by atoms with Crippen molar-refractivity contribution >= 4 is 0 Å². The van der Waals surface area contributed by atoms with Crippen LogP contribution in [-0.2, 0) is 6.42 Å². The molecule has 3 rings (SSSR count). The monoisotopic (exact) mass is 384 g/mol. The van der Waals surface area contributed by atoms with Crippen LogP contribution in [0.5, 0.6) is 11.5 Å². The Hall–Kier alpha value is -2.27. The Morgan fingerprint density at radius 2 is 1.96 bits per heavy atom. The van der Waals surface area contributed by atoms with Gasteiger partial charge in [-0.1, -0.05) is 19.8 Å². The van der Waals surface area contributed by atoms with E-state index in [1.807, 2.05) is 12.3 Å². The van der Waals surface area contributed by atoms with Crippen molar-refractivity contribution in [2.24, 2.45) is 5.73 Å². The van der Waals surface area contributed by atoms with Crippen molar-refractivity contribution in [3.8, 4) is 22.8 Å². The van der Waals surface area contributed by atoms with Gasteiger partial charge < -0.3 is 19.8 Å². The number of hydrogen-bond acceptors (Lipinski definition) is 4. The first kappa shape index (κ1) is 20.5. The van der Waals surface area contributed by atoms with E-state index >= 15 is 0 Å². The molecule has 1 atom stereocenters. The molecule has 0 spiro atoms. The van der Waals surface area contributed by atoms with Crippen LogP contribution in [0.1, 0.15) is 57.1 Å². The van der Waals surface area contributed by atoms with Gasteiger partial charge in [0.1, 0.15) is 0 Å². The SMILES string of the molecule is CCC1CCc2cc(OCCCCCCN)c(OC)cc2-c2cc(=O)ccn21. The van der Waals surface area contributed by atoms with Crippen LogP contribution in [0.3, 0.4) is 0 Å². The maximum atomic E-state index is 12.1. The third-order valence-electron chi connectivity index (χ3n) is 5.59. The lowest BCUT2D eigenvalue weighted by atomic mass is 9.99. The van der Waals surface area contributed by atoms with E-state index in [0.717, 1.165) is 74.2 Å². The van der Waals surface area contributed by atoms with Gasteiger partial charge >= 0.3 is 0 Å². The van der Waals surface area contributed by atoms with Crippen LogP contribution in [-0.4, -0.2) is 24.8 Å². The number of nitrogens with zero attached hydrogens (tertiary/aromatic N) is 1. The Bertz CT molecular complexity index is 844. The van der Waals surface area contributed by atoms with Gasteiger partial charge in [-0.05, 0) is 56.3 Å². The van der Waals surface area contributed by atoms with Crippen LogP contribution in [0.25, 0.3) is 11.3 Å². The highest BCUT2D eigenvalue weighted by Gasteiger charge is 2.22. The van der Waals surface area contributed by atoms with Gasteiger partial charge in [0.05, 0.1) is 19.4 Å². The first-order valence-corrected chi connectivity index (χ1v) is 10.4. The van der Waals surface area contributed by atoms with Crippen LogP contribution < -0.4 is 20.6 Å². The van der Waals surface area contributed by atoms with Crippen LogP contribution in [0.15, 0.2) is 35.3 Å². The summed E-state index contributed by atoms with van der Waals surface area (Å²) in [4.78, 5) is 12.1. The zero-order valence-corrected chi connectivity index (χ0v) is 17.1. The fourth-order valence-electron chi connectivity index (χ4n) is 3.99. The normalized spacial score (nSPS) is 15.5. The molecule has 1 aliphatic heterocycles. The number of aryl methyl sites for hydroxylation is 1. The van der Waals surface area contributed by atoms with Crippen molar-refractivity contribution in [2.75, 3.05) is 20.3 Å². The summed E-state index contributed by atoms with van der Waals surface area (Å²) in [6.07, 6.45) is 9.32. The minimum Gasteiger partial charge on any atom is -0.493 e. The van der Waals surface area contributed by atoms with Crippen LogP contribution in [0.2, 0.25) is 0 Å². The van der Waals surface area contributed by atoms with Crippen molar-refractivity contribution in [3.63, 3.8) is 0 Å².